The second-order valence-corrected chi connectivity index (χ2v) is 3.76. The zero-order valence-electron chi connectivity index (χ0n) is 8.75. The third-order valence-electron chi connectivity index (χ3n) is 2.83. The number of ether oxygens (including phenoxy) is 2. The number of benzene rings is 1. The van der Waals surface area contributed by atoms with E-state index < -0.39 is 0 Å². The fourth-order valence-electron chi connectivity index (χ4n) is 1.82. The molecule has 1 aromatic rings. The van der Waals surface area contributed by atoms with Gasteiger partial charge >= 0.3 is 0 Å². The Balaban J connectivity index is 2.25. The average Bonchev–Trinajstić information content (AvgIpc) is 2.27. The molecule has 1 unspecified atom stereocenters. The van der Waals surface area contributed by atoms with E-state index in [1.807, 2.05) is 12.1 Å². The summed E-state index contributed by atoms with van der Waals surface area (Å²) in [5.41, 5.74) is 1.28. The number of methoxy groups -OCH3 is 1. The van der Waals surface area contributed by atoms with E-state index in [0.29, 0.717) is 5.92 Å². The third kappa shape index (κ3) is 1.69. The van der Waals surface area contributed by atoms with Crippen molar-refractivity contribution in [1.82, 2.24) is 0 Å². The molecule has 0 bridgehead atoms. The Hall–Kier alpha value is -1.18. The van der Waals surface area contributed by atoms with Crippen molar-refractivity contribution in [2.45, 2.75) is 19.8 Å². The predicted molar refractivity (Wildman–Crippen MR) is 56.0 cm³/mol. The lowest BCUT2D eigenvalue weighted by atomic mass is 9.95. The van der Waals surface area contributed by atoms with Crippen LogP contribution in [0.3, 0.4) is 0 Å². The molecule has 0 aromatic heterocycles. The normalized spacial score (nSPS) is 19.7. The Morgan fingerprint density at radius 1 is 1.50 bits per heavy atom. The molecular formula is C12H16O2. The van der Waals surface area contributed by atoms with Crippen LogP contribution < -0.4 is 9.47 Å². The Morgan fingerprint density at radius 2 is 2.36 bits per heavy atom. The van der Waals surface area contributed by atoms with Gasteiger partial charge in [0.15, 0.2) is 0 Å². The average molecular weight is 192 g/mol. The highest BCUT2D eigenvalue weighted by molar-refractivity contribution is 5.41. The van der Waals surface area contributed by atoms with Crippen LogP contribution in [0, 0.1) is 5.92 Å². The highest BCUT2D eigenvalue weighted by Gasteiger charge is 2.18. The Kier molecular flexibility index (Phi) is 2.62. The van der Waals surface area contributed by atoms with Gasteiger partial charge in [-0.25, -0.2) is 0 Å². The van der Waals surface area contributed by atoms with Crippen LogP contribution in [0.4, 0.5) is 0 Å². The molecule has 14 heavy (non-hydrogen) atoms. The minimum absolute atomic E-state index is 0.662. The van der Waals surface area contributed by atoms with Crippen molar-refractivity contribution in [2.75, 3.05) is 13.7 Å². The molecule has 0 saturated heterocycles. The van der Waals surface area contributed by atoms with Gasteiger partial charge in [0.05, 0.1) is 13.7 Å². The molecule has 0 amide bonds. The summed E-state index contributed by atoms with van der Waals surface area (Å²) < 4.78 is 10.9. The van der Waals surface area contributed by atoms with Crippen LogP contribution in [0.1, 0.15) is 18.9 Å². The monoisotopic (exact) mass is 192 g/mol. The zero-order chi connectivity index (χ0) is 9.97. The van der Waals surface area contributed by atoms with E-state index in [4.69, 9.17) is 9.47 Å². The van der Waals surface area contributed by atoms with Gasteiger partial charge in [-0.3, -0.25) is 0 Å². The minimum atomic E-state index is 0.662. The van der Waals surface area contributed by atoms with Crippen LogP contribution in [-0.4, -0.2) is 13.7 Å². The van der Waals surface area contributed by atoms with Crippen LogP contribution in [0.2, 0.25) is 0 Å². The molecule has 2 nitrogen and oxygen atoms in total. The van der Waals surface area contributed by atoms with Crippen LogP contribution >= 0.6 is 0 Å². The highest BCUT2D eigenvalue weighted by Crippen LogP contribution is 2.31. The molecule has 2 rings (SSSR count). The fourth-order valence-corrected chi connectivity index (χ4v) is 1.82. The first kappa shape index (κ1) is 9.38. The molecule has 76 valence electrons. The first-order valence-electron chi connectivity index (χ1n) is 5.13. The molecule has 0 spiro atoms. The lowest BCUT2D eigenvalue weighted by Gasteiger charge is -2.24. The van der Waals surface area contributed by atoms with Gasteiger partial charge in [-0.2, -0.15) is 0 Å². The van der Waals surface area contributed by atoms with E-state index in [-0.39, 0.29) is 0 Å². The van der Waals surface area contributed by atoms with Crippen molar-refractivity contribution >= 4 is 0 Å². The standard InChI is InChI=1S/C12H16O2/c1-3-9-6-10-7-11(13-2)4-5-12(10)14-8-9/h4-5,7,9H,3,6,8H2,1-2H3. The Bertz CT molecular complexity index is 320. The lowest BCUT2D eigenvalue weighted by Crippen LogP contribution is -2.19. The largest absolute Gasteiger partial charge is 0.497 e. The van der Waals surface area contributed by atoms with Crippen LogP contribution in [0.5, 0.6) is 11.5 Å². The molecule has 0 aliphatic carbocycles. The van der Waals surface area contributed by atoms with E-state index >= 15 is 0 Å². The van der Waals surface area contributed by atoms with Crippen molar-refractivity contribution in [3.63, 3.8) is 0 Å². The molecule has 1 atom stereocenters. The second kappa shape index (κ2) is 3.91. The predicted octanol–water partition coefficient (Wildman–Crippen LogP) is 2.66. The summed E-state index contributed by atoms with van der Waals surface area (Å²) >= 11 is 0. The van der Waals surface area contributed by atoms with E-state index in [1.165, 1.54) is 12.0 Å². The second-order valence-electron chi connectivity index (χ2n) is 3.76. The van der Waals surface area contributed by atoms with Gasteiger partial charge in [-0.05, 0) is 42.5 Å². The Morgan fingerprint density at radius 3 is 3.07 bits per heavy atom. The van der Waals surface area contributed by atoms with E-state index in [0.717, 1.165) is 24.5 Å². The summed E-state index contributed by atoms with van der Waals surface area (Å²) in [6, 6.07) is 6.03. The number of fused-ring (bicyclic) bond motifs is 1. The quantitative estimate of drug-likeness (QED) is 0.717. The summed E-state index contributed by atoms with van der Waals surface area (Å²) in [7, 11) is 1.70. The summed E-state index contributed by atoms with van der Waals surface area (Å²) in [4.78, 5) is 0. The third-order valence-corrected chi connectivity index (χ3v) is 2.83. The van der Waals surface area contributed by atoms with Gasteiger partial charge in [-0.1, -0.05) is 6.92 Å². The van der Waals surface area contributed by atoms with Gasteiger partial charge in [0, 0.05) is 0 Å². The van der Waals surface area contributed by atoms with Crippen molar-refractivity contribution in [2.24, 2.45) is 5.92 Å². The fraction of sp³-hybridized carbons (Fsp3) is 0.500. The van der Waals surface area contributed by atoms with Gasteiger partial charge in [0.1, 0.15) is 11.5 Å². The van der Waals surface area contributed by atoms with Crippen molar-refractivity contribution in [1.29, 1.82) is 0 Å². The minimum Gasteiger partial charge on any atom is -0.497 e. The van der Waals surface area contributed by atoms with E-state index in [1.54, 1.807) is 7.11 Å². The lowest BCUT2D eigenvalue weighted by molar-refractivity contribution is 0.218. The van der Waals surface area contributed by atoms with Crippen molar-refractivity contribution in [3.8, 4) is 11.5 Å². The number of rotatable bonds is 2. The van der Waals surface area contributed by atoms with Gasteiger partial charge < -0.3 is 9.47 Å². The molecule has 2 heteroatoms. The molecule has 0 fully saturated rings. The highest BCUT2D eigenvalue weighted by atomic mass is 16.5. The maximum absolute atomic E-state index is 5.67. The maximum atomic E-state index is 5.67. The molecule has 1 aliphatic heterocycles. The SMILES string of the molecule is CCC1COc2ccc(OC)cc2C1. The zero-order valence-corrected chi connectivity index (χ0v) is 8.75. The van der Waals surface area contributed by atoms with Crippen molar-refractivity contribution in [3.05, 3.63) is 23.8 Å². The molecule has 1 aromatic carbocycles. The smallest absolute Gasteiger partial charge is 0.122 e. The summed E-state index contributed by atoms with van der Waals surface area (Å²) in [5.74, 6) is 2.61. The van der Waals surface area contributed by atoms with E-state index in [9.17, 15) is 0 Å². The summed E-state index contributed by atoms with van der Waals surface area (Å²) in [6.45, 7) is 3.06. The summed E-state index contributed by atoms with van der Waals surface area (Å²) in [5, 5.41) is 0. The molecule has 0 N–H and O–H groups in total. The topological polar surface area (TPSA) is 18.5 Å². The van der Waals surface area contributed by atoms with Gasteiger partial charge in [0.2, 0.25) is 0 Å². The van der Waals surface area contributed by atoms with Crippen molar-refractivity contribution < 1.29 is 9.47 Å². The molecule has 0 saturated carbocycles. The Labute approximate surface area is 84.8 Å². The summed E-state index contributed by atoms with van der Waals surface area (Å²) in [6.07, 6.45) is 2.29. The molecule has 0 radical (unpaired) electrons. The first-order valence-corrected chi connectivity index (χ1v) is 5.13. The number of hydrogen-bond donors (Lipinski definition) is 0. The van der Waals surface area contributed by atoms with Gasteiger partial charge in [-0.15, -0.1) is 0 Å². The van der Waals surface area contributed by atoms with E-state index in [2.05, 4.69) is 13.0 Å². The van der Waals surface area contributed by atoms with Gasteiger partial charge in [0.25, 0.3) is 0 Å². The van der Waals surface area contributed by atoms with Crippen LogP contribution in [-0.2, 0) is 6.42 Å². The number of hydrogen-bond acceptors (Lipinski definition) is 2. The molecule has 1 heterocycles. The van der Waals surface area contributed by atoms with Crippen LogP contribution in [0.25, 0.3) is 0 Å². The molecular weight excluding hydrogens is 176 g/mol. The van der Waals surface area contributed by atoms with Crippen LogP contribution in [0.15, 0.2) is 18.2 Å². The first-order chi connectivity index (χ1) is 6.83. The maximum Gasteiger partial charge on any atom is 0.122 e. The molecule has 1 aliphatic rings.